The largest absolute Gasteiger partial charge is 0.389 e. The van der Waals surface area contributed by atoms with Gasteiger partial charge < -0.3 is 10.6 Å². The van der Waals surface area contributed by atoms with Gasteiger partial charge in [0.25, 0.3) is 5.91 Å². The lowest BCUT2D eigenvalue weighted by Crippen LogP contribution is -2.27. The molecule has 2 aromatic rings. The zero-order valence-corrected chi connectivity index (χ0v) is 12.0. The summed E-state index contributed by atoms with van der Waals surface area (Å²) in [6, 6.07) is 7.17. The lowest BCUT2D eigenvalue weighted by atomic mass is 10.2. The van der Waals surface area contributed by atoms with E-state index in [9.17, 15) is 4.79 Å². The predicted molar refractivity (Wildman–Crippen MR) is 81.8 cm³/mol. The van der Waals surface area contributed by atoms with Crippen LogP contribution in [0.25, 0.3) is 0 Å². The first-order valence-corrected chi connectivity index (χ1v) is 6.36. The summed E-state index contributed by atoms with van der Waals surface area (Å²) in [5.74, 6) is -0.238. The zero-order chi connectivity index (χ0) is 14.7. The number of hydrogen-bond donors (Lipinski definition) is 1. The third-order valence-electron chi connectivity index (χ3n) is 2.82. The lowest BCUT2D eigenvalue weighted by molar-refractivity contribution is 0.0988. The Morgan fingerprint density at radius 3 is 2.65 bits per heavy atom. The van der Waals surface area contributed by atoms with Crippen LogP contribution in [-0.2, 0) is 0 Å². The van der Waals surface area contributed by atoms with Gasteiger partial charge in [-0.3, -0.25) is 9.78 Å². The number of nitrogens with zero attached hydrogens (tertiary/aromatic N) is 3. The summed E-state index contributed by atoms with van der Waals surface area (Å²) in [6.45, 7) is 1.82. The lowest BCUT2D eigenvalue weighted by Gasteiger charge is -2.17. The molecule has 0 saturated heterocycles. The molecule has 0 fully saturated rings. The number of nitrogens with two attached hydrogens (primary N) is 1. The van der Waals surface area contributed by atoms with E-state index >= 15 is 0 Å². The van der Waals surface area contributed by atoms with Crippen molar-refractivity contribution in [3.8, 4) is 0 Å². The Morgan fingerprint density at radius 2 is 2.05 bits per heavy atom. The van der Waals surface area contributed by atoms with Gasteiger partial charge in [0, 0.05) is 24.5 Å². The van der Waals surface area contributed by atoms with Crippen molar-refractivity contribution in [3.05, 3.63) is 53.6 Å². The monoisotopic (exact) mass is 286 g/mol. The van der Waals surface area contributed by atoms with Gasteiger partial charge in [-0.05, 0) is 19.1 Å². The summed E-state index contributed by atoms with van der Waals surface area (Å²) in [4.78, 5) is 22.2. The van der Waals surface area contributed by atoms with E-state index in [0.717, 1.165) is 5.69 Å². The van der Waals surface area contributed by atoms with Crippen LogP contribution in [0.4, 0.5) is 5.69 Å². The molecule has 1 aromatic carbocycles. The van der Waals surface area contributed by atoms with Crippen LogP contribution >= 0.6 is 12.2 Å². The van der Waals surface area contributed by atoms with Gasteiger partial charge in [-0.15, -0.1) is 0 Å². The van der Waals surface area contributed by atoms with E-state index in [1.54, 1.807) is 37.5 Å². The molecule has 20 heavy (non-hydrogen) atoms. The van der Waals surface area contributed by atoms with Gasteiger partial charge in [0.1, 0.15) is 10.7 Å². The fourth-order valence-corrected chi connectivity index (χ4v) is 1.79. The number of benzene rings is 1. The first kappa shape index (κ1) is 14.1. The second-order valence-electron chi connectivity index (χ2n) is 4.32. The fraction of sp³-hybridized carbons (Fsp3) is 0.143. The Balaban J connectivity index is 2.28. The van der Waals surface area contributed by atoms with E-state index in [4.69, 9.17) is 18.0 Å². The predicted octanol–water partition coefficient (Wildman–Crippen LogP) is 1.70. The maximum absolute atomic E-state index is 12.3. The smallest absolute Gasteiger partial charge is 0.278 e. The topological polar surface area (TPSA) is 72.1 Å². The number of anilines is 1. The Hall–Kier alpha value is -2.34. The van der Waals surface area contributed by atoms with Crippen molar-refractivity contribution in [2.45, 2.75) is 6.92 Å². The highest BCUT2D eigenvalue weighted by Gasteiger charge is 2.15. The van der Waals surface area contributed by atoms with Gasteiger partial charge in [0.2, 0.25) is 0 Å². The number of rotatable bonds is 3. The highest BCUT2D eigenvalue weighted by atomic mass is 32.1. The molecule has 0 aliphatic heterocycles. The van der Waals surface area contributed by atoms with E-state index in [-0.39, 0.29) is 5.91 Å². The molecule has 0 bridgehead atoms. The highest BCUT2D eigenvalue weighted by molar-refractivity contribution is 7.80. The molecule has 0 aliphatic rings. The van der Waals surface area contributed by atoms with Crippen molar-refractivity contribution in [2.75, 3.05) is 11.9 Å². The summed E-state index contributed by atoms with van der Waals surface area (Å²) >= 11 is 4.93. The van der Waals surface area contributed by atoms with E-state index < -0.39 is 0 Å². The van der Waals surface area contributed by atoms with Crippen LogP contribution in [0.2, 0.25) is 0 Å². The number of aryl methyl sites for hydroxylation is 1. The van der Waals surface area contributed by atoms with E-state index in [1.165, 1.54) is 11.1 Å². The van der Waals surface area contributed by atoms with Gasteiger partial charge in [0.05, 0.1) is 11.9 Å². The van der Waals surface area contributed by atoms with Crippen LogP contribution in [0.1, 0.15) is 21.7 Å². The molecule has 0 saturated carbocycles. The molecule has 6 heteroatoms. The summed E-state index contributed by atoms with van der Waals surface area (Å²) in [5, 5.41) is 0. The summed E-state index contributed by atoms with van der Waals surface area (Å²) < 4.78 is 0. The summed E-state index contributed by atoms with van der Waals surface area (Å²) in [6.07, 6.45) is 3.03. The molecule has 102 valence electrons. The number of carbonyl (C=O) groups is 1. The molecule has 1 heterocycles. The van der Waals surface area contributed by atoms with Crippen molar-refractivity contribution in [2.24, 2.45) is 5.73 Å². The van der Waals surface area contributed by atoms with E-state index in [1.807, 2.05) is 6.92 Å². The molecule has 2 N–H and O–H groups in total. The van der Waals surface area contributed by atoms with Crippen LogP contribution < -0.4 is 10.6 Å². The maximum Gasteiger partial charge on any atom is 0.278 e. The molecule has 0 spiro atoms. The molecule has 0 aliphatic carbocycles. The van der Waals surface area contributed by atoms with E-state index in [0.29, 0.717) is 21.9 Å². The SMILES string of the molecule is Cc1cnc(C(=O)N(C)c2cccc(C(N)=S)c2)cn1. The molecule has 1 aromatic heterocycles. The summed E-state index contributed by atoms with van der Waals surface area (Å²) in [5.41, 5.74) is 8.06. The molecule has 0 radical (unpaired) electrons. The number of hydrogen-bond acceptors (Lipinski definition) is 4. The van der Waals surface area contributed by atoms with Crippen LogP contribution in [0, 0.1) is 6.92 Å². The molecule has 0 atom stereocenters. The normalized spacial score (nSPS) is 10.1. The third-order valence-corrected chi connectivity index (χ3v) is 3.06. The number of aromatic nitrogens is 2. The molecule has 1 amide bonds. The van der Waals surface area contributed by atoms with Gasteiger partial charge in [-0.1, -0.05) is 24.4 Å². The molecule has 2 rings (SSSR count). The van der Waals surface area contributed by atoms with Crippen molar-refractivity contribution in [3.63, 3.8) is 0 Å². The number of amides is 1. The zero-order valence-electron chi connectivity index (χ0n) is 11.2. The Kier molecular flexibility index (Phi) is 4.05. The molecule has 5 nitrogen and oxygen atoms in total. The average molecular weight is 286 g/mol. The first-order chi connectivity index (χ1) is 9.49. The molecule has 0 unspecified atom stereocenters. The molecular weight excluding hydrogens is 272 g/mol. The second-order valence-corrected chi connectivity index (χ2v) is 4.76. The second kappa shape index (κ2) is 5.75. The van der Waals surface area contributed by atoms with Crippen LogP contribution in [-0.4, -0.2) is 27.9 Å². The third kappa shape index (κ3) is 2.97. The average Bonchev–Trinajstić information content (AvgIpc) is 2.46. The van der Waals surface area contributed by atoms with Gasteiger partial charge >= 0.3 is 0 Å². The Bertz CT molecular complexity index is 654. The first-order valence-electron chi connectivity index (χ1n) is 5.95. The van der Waals surface area contributed by atoms with Crippen molar-refractivity contribution >= 4 is 28.8 Å². The van der Waals surface area contributed by atoms with Gasteiger partial charge in [0.15, 0.2) is 0 Å². The fourth-order valence-electron chi connectivity index (χ4n) is 1.66. The maximum atomic E-state index is 12.3. The van der Waals surface area contributed by atoms with Crippen LogP contribution in [0.15, 0.2) is 36.7 Å². The van der Waals surface area contributed by atoms with Gasteiger partial charge in [-0.2, -0.15) is 0 Å². The summed E-state index contributed by atoms with van der Waals surface area (Å²) in [7, 11) is 1.67. The number of carbonyl (C=O) groups excluding carboxylic acids is 1. The van der Waals surface area contributed by atoms with Crippen LogP contribution in [0.3, 0.4) is 0 Å². The standard InChI is InChI=1S/C14H14N4OS/c1-9-7-17-12(8-16-9)14(19)18(2)11-5-3-4-10(6-11)13(15)20/h3-8H,1-2H3,(H2,15,20). The minimum atomic E-state index is -0.238. The van der Waals surface area contributed by atoms with Crippen molar-refractivity contribution in [1.29, 1.82) is 0 Å². The van der Waals surface area contributed by atoms with Crippen molar-refractivity contribution in [1.82, 2.24) is 9.97 Å². The Labute approximate surface area is 122 Å². The number of thiocarbonyl (C=S) groups is 1. The molecular formula is C14H14N4OS. The minimum absolute atomic E-state index is 0.238. The van der Waals surface area contributed by atoms with Gasteiger partial charge in [-0.25, -0.2) is 4.98 Å². The minimum Gasteiger partial charge on any atom is -0.389 e. The quantitative estimate of drug-likeness (QED) is 0.869. The van der Waals surface area contributed by atoms with E-state index in [2.05, 4.69) is 9.97 Å². The highest BCUT2D eigenvalue weighted by Crippen LogP contribution is 2.16. The Morgan fingerprint density at radius 1 is 1.30 bits per heavy atom. The van der Waals surface area contributed by atoms with Crippen LogP contribution in [0.5, 0.6) is 0 Å². The van der Waals surface area contributed by atoms with Crippen molar-refractivity contribution < 1.29 is 4.79 Å².